The Kier molecular flexibility index (Phi) is 9.38. The predicted molar refractivity (Wildman–Crippen MR) is 144 cm³/mol. The first-order valence-electron chi connectivity index (χ1n) is 13.9. The maximum absolute atomic E-state index is 12.6. The monoisotopic (exact) mass is 496 g/mol. The van der Waals surface area contributed by atoms with Crippen molar-refractivity contribution in [3.63, 3.8) is 0 Å². The average molecular weight is 497 g/mol. The fourth-order valence-corrected chi connectivity index (χ4v) is 7.99. The Labute approximate surface area is 211 Å². The van der Waals surface area contributed by atoms with Crippen LogP contribution >= 0.6 is 0 Å². The molecule has 5 heteroatoms. The highest BCUT2D eigenvalue weighted by atomic mass is 28.4. The standard InChI is InChI=1S/C29H56O4Si/c1-26(2,3)34(9,10)33-24-14-12-20-29(8)22(16-17-23(24)29)21(13-11-19-27(4,5)31)15-18-25(30)28(6,7)32/h21-24,31-32H,11-20H2,1-10H3/t21?,22-,23+,24+,29-/m1/s1. The molecule has 2 N–H and O–H groups in total. The van der Waals surface area contributed by atoms with Gasteiger partial charge in [0.15, 0.2) is 14.1 Å². The number of carbonyl (C=O) groups is 1. The summed E-state index contributed by atoms with van der Waals surface area (Å²) in [5.41, 5.74) is -1.66. The molecule has 0 aliphatic heterocycles. The van der Waals surface area contributed by atoms with E-state index in [0.29, 0.717) is 30.3 Å². The van der Waals surface area contributed by atoms with E-state index in [-0.39, 0.29) is 16.2 Å². The van der Waals surface area contributed by atoms with Gasteiger partial charge in [-0.05, 0) is 108 Å². The minimum Gasteiger partial charge on any atom is -0.414 e. The normalized spacial score (nSPS) is 29.7. The zero-order valence-corrected chi connectivity index (χ0v) is 25.1. The molecule has 2 aliphatic carbocycles. The van der Waals surface area contributed by atoms with Crippen LogP contribution in [0.25, 0.3) is 0 Å². The molecule has 0 bridgehead atoms. The summed E-state index contributed by atoms with van der Waals surface area (Å²) in [5.74, 6) is 1.58. The zero-order chi connectivity index (χ0) is 26.2. The van der Waals surface area contributed by atoms with Crippen molar-refractivity contribution in [3.05, 3.63) is 0 Å². The van der Waals surface area contributed by atoms with Gasteiger partial charge in [-0.2, -0.15) is 0 Å². The van der Waals surface area contributed by atoms with Crippen LogP contribution in [0.15, 0.2) is 0 Å². The number of hydrogen-bond donors (Lipinski definition) is 2. The van der Waals surface area contributed by atoms with Crippen LogP contribution < -0.4 is 0 Å². The third-order valence-corrected chi connectivity index (χ3v) is 14.2. The van der Waals surface area contributed by atoms with Crippen LogP contribution in [0.2, 0.25) is 18.1 Å². The summed E-state index contributed by atoms with van der Waals surface area (Å²) in [6, 6.07) is 0. The van der Waals surface area contributed by atoms with Gasteiger partial charge >= 0.3 is 0 Å². The summed E-state index contributed by atoms with van der Waals surface area (Å²) in [6.45, 7) is 21.3. The minimum atomic E-state index is -1.83. The second kappa shape index (κ2) is 10.6. The Hall–Kier alpha value is -0.233. The van der Waals surface area contributed by atoms with Crippen molar-refractivity contribution in [2.75, 3.05) is 0 Å². The fourth-order valence-electron chi connectivity index (χ4n) is 6.60. The van der Waals surface area contributed by atoms with Gasteiger partial charge in [0, 0.05) is 12.5 Å². The smallest absolute Gasteiger partial charge is 0.192 e. The van der Waals surface area contributed by atoms with Crippen molar-refractivity contribution < 1.29 is 19.4 Å². The Morgan fingerprint density at radius 1 is 1.03 bits per heavy atom. The maximum Gasteiger partial charge on any atom is 0.192 e. The predicted octanol–water partition coefficient (Wildman–Crippen LogP) is 7.27. The van der Waals surface area contributed by atoms with Crippen LogP contribution in [0.4, 0.5) is 0 Å². The first-order chi connectivity index (χ1) is 15.3. The Bertz CT molecular complexity index is 682. The summed E-state index contributed by atoms with van der Waals surface area (Å²) in [7, 11) is -1.83. The summed E-state index contributed by atoms with van der Waals surface area (Å²) in [5, 5.41) is 20.7. The molecule has 1 unspecified atom stereocenters. The van der Waals surface area contributed by atoms with Gasteiger partial charge in [-0.15, -0.1) is 0 Å². The lowest BCUT2D eigenvalue weighted by Crippen LogP contribution is -2.50. The number of fused-ring (bicyclic) bond motifs is 1. The average Bonchev–Trinajstić information content (AvgIpc) is 2.99. The molecule has 0 amide bonds. The Balaban J connectivity index is 2.21. The Morgan fingerprint density at radius 3 is 2.18 bits per heavy atom. The highest BCUT2D eigenvalue weighted by molar-refractivity contribution is 6.74. The first-order valence-corrected chi connectivity index (χ1v) is 16.8. The van der Waals surface area contributed by atoms with E-state index in [0.717, 1.165) is 25.7 Å². The van der Waals surface area contributed by atoms with Crippen LogP contribution in [-0.2, 0) is 9.22 Å². The molecule has 4 nitrogen and oxygen atoms in total. The summed E-state index contributed by atoms with van der Waals surface area (Å²) in [6.07, 6.45) is 10.5. The van der Waals surface area contributed by atoms with E-state index in [1.807, 2.05) is 13.8 Å². The molecule has 0 aromatic carbocycles. The van der Waals surface area contributed by atoms with E-state index in [1.165, 1.54) is 32.1 Å². The summed E-state index contributed by atoms with van der Waals surface area (Å²) in [4.78, 5) is 12.6. The van der Waals surface area contributed by atoms with Crippen LogP contribution in [0, 0.1) is 23.2 Å². The molecule has 0 saturated heterocycles. The molecule has 34 heavy (non-hydrogen) atoms. The molecule has 2 saturated carbocycles. The molecule has 0 aromatic heterocycles. The van der Waals surface area contributed by atoms with Gasteiger partial charge in [-0.1, -0.05) is 47.0 Å². The van der Waals surface area contributed by atoms with Gasteiger partial charge in [-0.3, -0.25) is 4.79 Å². The maximum atomic E-state index is 12.6. The summed E-state index contributed by atoms with van der Waals surface area (Å²) < 4.78 is 7.04. The number of aliphatic hydroxyl groups is 2. The van der Waals surface area contributed by atoms with Crippen LogP contribution in [-0.4, -0.2) is 41.6 Å². The van der Waals surface area contributed by atoms with Gasteiger partial charge in [0.1, 0.15) is 5.60 Å². The highest BCUT2D eigenvalue weighted by Gasteiger charge is 2.55. The van der Waals surface area contributed by atoms with E-state index in [4.69, 9.17) is 4.43 Å². The molecule has 0 heterocycles. The third kappa shape index (κ3) is 7.40. The Morgan fingerprint density at radius 2 is 1.65 bits per heavy atom. The fraction of sp³-hybridized carbons (Fsp3) is 0.966. The number of ketones is 1. The van der Waals surface area contributed by atoms with Crippen molar-refractivity contribution in [2.24, 2.45) is 23.2 Å². The lowest BCUT2D eigenvalue weighted by Gasteiger charge is -2.50. The van der Waals surface area contributed by atoms with Crippen molar-refractivity contribution in [3.8, 4) is 0 Å². The van der Waals surface area contributed by atoms with Gasteiger partial charge < -0.3 is 14.6 Å². The van der Waals surface area contributed by atoms with Gasteiger partial charge in [0.25, 0.3) is 0 Å². The molecule has 2 fully saturated rings. The van der Waals surface area contributed by atoms with Crippen molar-refractivity contribution in [1.82, 2.24) is 0 Å². The molecular weight excluding hydrogens is 440 g/mol. The van der Waals surface area contributed by atoms with E-state index in [1.54, 1.807) is 13.8 Å². The molecule has 0 aromatic rings. The van der Waals surface area contributed by atoms with Crippen molar-refractivity contribution >= 4 is 14.1 Å². The number of Topliss-reactive ketones (excluding diaryl/α,β-unsaturated/α-hetero) is 1. The van der Waals surface area contributed by atoms with Crippen molar-refractivity contribution in [1.29, 1.82) is 0 Å². The van der Waals surface area contributed by atoms with Crippen LogP contribution in [0.3, 0.4) is 0 Å². The topological polar surface area (TPSA) is 66.8 Å². The second-order valence-electron chi connectivity index (χ2n) is 14.6. The van der Waals surface area contributed by atoms with Gasteiger partial charge in [0.05, 0.1) is 5.60 Å². The molecule has 200 valence electrons. The number of carbonyl (C=O) groups excluding carboxylic acids is 1. The highest BCUT2D eigenvalue weighted by Crippen LogP contribution is 2.60. The van der Waals surface area contributed by atoms with E-state index < -0.39 is 19.5 Å². The number of rotatable bonds is 11. The zero-order valence-electron chi connectivity index (χ0n) is 24.1. The van der Waals surface area contributed by atoms with Gasteiger partial charge in [0.2, 0.25) is 0 Å². The number of hydrogen-bond acceptors (Lipinski definition) is 4. The largest absolute Gasteiger partial charge is 0.414 e. The van der Waals surface area contributed by atoms with Crippen LogP contribution in [0.1, 0.15) is 120 Å². The molecule has 0 spiro atoms. The van der Waals surface area contributed by atoms with E-state index >= 15 is 0 Å². The second-order valence-corrected chi connectivity index (χ2v) is 19.3. The molecule has 5 atom stereocenters. The molecule has 2 aliphatic rings. The lowest BCUT2D eigenvalue weighted by atomic mass is 9.60. The molecule has 2 rings (SSSR count). The first kappa shape index (κ1) is 30.0. The lowest BCUT2D eigenvalue weighted by molar-refractivity contribution is -0.134. The third-order valence-electron chi connectivity index (χ3n) is 9.74. The molecule has 0 radical (unpaired) electrons. The SMILES string of the molecule is CC(C)(O)CCCC(CCC(=O)C(C)(C)O)[C@H]1CC[C@H]2[C@@H](O[Si](C)(C)C(C)(C)C)CCC[C@]12C. The van der Waals surface area contributed by atoms with Crippen LogP contribution in [0.5, 0.6) is 0 Å². The minimum absolute atomic E-state index is 0.0533. The summed E-state index contributed by atoms with van der Waals surface area (Å²) >= 11 is 0. The van der Waals surface area contributed by atoms with E-state index in [9.17, 15) is 15.0 Å². The van der Waals surface area contributed by atoms with Gasteiger partial charge in [-0.25, -0.2) is 0 Å². The quantitative estimate of drug-likeness (QED) is 0.295. The van der Waals surface area contributed by atoms with Crippen molar-refractivity contribution in [2.45, 2.75) is 155 Å². The molecular formula is C29H56O4Si. The van der Waals surface area contributed by atoms with E-state index in [2.05, 4.69) is 40.8 Å².